The zero-order valence-corrected chi connectivity index (χ0v) is 15.9. The number of nitrogens with one attached hydrogen (secondary N) is 1. The third-order valence-electron chi connectivity index (χ3n) is 3.83. The van der Waals surface area contributed by atoms with Gasteiger partial charge in [0, 0.05) is 24.0 Å². The Balaban J connectivity index is 1.63. The highest BCUT2D eigenvalue weighted by molar-refractivity contribution is 7.99. The van der Waals surface area contributed by atoms with Gasteiger partial charge < -0.3 is 9.88 Å². The van der Waals surface area contributed by atoms with E-state index in [0.29, 0.717) is 28.8 Å². The topological polar surface area (TPSA) is 89.8 Å². The van der Waals surface area contributed by atoms with Crippen LogP contribution in [0.3, 0.4) is 0 Å². The van der Waals surface area contributed by atoms with Crippen LogP contribution in [-0.2, 0) is 11.3 Å². The molecule has 0 bridgehead atoms. The Morgan fingerprint density at radius 3 is 2.52 bits per heavy atom. The van der Waals surface area contributed by atoms with Gasteiger partial charge >= 0.3 is 0 Å². The normalized spacial score (nSPS) is 10.6. The van der Waals surface area contributed by atoms with E-state index >= 15 is 0 Å². The molecule has 27 heavy (non-hydrogen) atoms. The van der Waals surface area contributed by atoms with Gasteiger partial charge in [-0.3, -0.25) is 14.6 Å². The van der Waals surface area contributed by atoms with Crippen molar-refractivity contribution in [1.29, 1.82) is 0 Å². The van der Waals surface area contributed by atoms with Crippen LogP contribution in [-0.4, -0.2) is 37.2 Å². The van der Waals surface area contributed by atoms with Gasteiger partial charge in [0.1, 0.15) is 5.69 Å². The molecule has 0 saturated carbocycles. The fourth-order valence-corrected chi connectivity index (χ4v) is 3.28. The van der Waals surface area contributed by atoms with Gasteiger partial charge in [-0.1, -0.05) is 17.8 Å². The van der Waals surface area contributed by atoms with E-state index in [-0.39, 0.29) is 17.4 Å². The summed E-state index contributed by atoms with van der Waals surface area (Å²) in [6.45, 7) is 4.18. The Hall–Kier alpha value is -3.00. The monoisotopic (exact) mass is 381 g/mol. The second kappa shape index (κ2) is 8.59. The van der Waals surface area contributed by atoms with Gasteiger partial charge in [0.2, 0.25) is 5.91 Å². The number of benzene rings is 1. The lowest BCUT2D eigenvalue weighted by molar-refractivity contribution is -0.113. The van der Waals surface area contributed by atoms with Crippen LogP contribution in [0.1, 0.15) is 24.2 Å². The van der Waals surface area contributed by atoms with Crippen LogP contribution in [0, 0.1) is 0 Å². The van der Waals surface area contributed by atoms with Crippen molar-refractivity contribution in [1.82, 2.24) is 19.7 Å². The van der Waals surface area contributed by atoms with E-state index in [4.69, 9.17) is 0 Å². The molecular formula is C19H19N5O2S. The standard InChI is InChI=1S/C19H19N5O2S/c1-3-24-18(16-6-4-5-11-20-16)22-23-19(24)27-12-17(26)21-15-9-7-14(8-10-15)13(2)25/h4-11H,3,12H2,1-2H3,(H,21,26). The number of carbonyl (C=O) groups is 2. The van der Waals surface area contributed by atoms with Crippen LogP contribution >= 0.6 is 11.8 Å². The highest BCUT2D eigenvalue weighted by Gasteiger charge is 2.15. The highest BCUT2D eigenvalue weighted by atomic mass is 32.2. The summed E-state index contributed by atoms with van der Waals surface area (Å²) in [7, 11) is 0. The molecule has 138 valence electrons. The maximum Gasteiger partial charge on any atom is 0.234 e. The zero-order chi connectivity index (χ0) is 19.2. The van der Waals surface area contributed by atoms with E-state index < -0.39 is 0 Å². The molecule has 7 nitrogen and oxygen atoms in total. The number of Topliss-reactive ketones (excluding diaryl/α,β-unsaturated/α-hetero) is 1. The van der Waals surface area contributed by atoms with E-state index in [1.165, 1.54) is 18.7 Å². The first-order valence-electron chi connectivity index (χ1n) is 8.46. The lowest BCUT2D eigenvalue weighted by Gasteiger charge is -2.08. The molecule has 2 heterocycles. The number of pyridine rings is 1. The van der Waals surface area contributed by atoms with Gasteiger partial charge in [0.15, 0.2) is 16.8 Å². The average molecular weight is 381 g/mol. The zero-order valence-electron chi connectivity index (χ0n) is 15.0. The molecule has 8 heteroatoms. The maximum atomic E-state index is 12.2. The van der Waals surface area contributed by atoms with Gasteiger partial charge in [-0.15, -0.1) is 10.2 Å². The number of aromatic nitrogens is 4. The third-order valence-corrected chi connectivity index (χ3v) is 4.80. The molecular weight excluding hydrogens is 362 g/mol. The minimum atomic E-state index is -0.152. The number of thioether (sulfide) groups is 1. The molecule has 0 fully saturated rings. The second-order valence-corrected chi connectivity index (χ2v) is 6.68. The molecule has 0 radical (unpaired) electrons. The van der Waals surface area contributed by atoms with Crippen LogP contribution < -0.4 is 5.32 Å². The highest BCUT2D eigenvalue weighted by Crippen LogP contribution is 2.22. The van der Waals surface area contributed by atoms with Crippen molar-refractivity contribution in [3.63, 3.8) is 0 Å². The summed E-state index contributed by atoms with van der Waals surface area (Å²) in [6, 6.07) is 12.4. The summed E-state index contributed by atoms with van der Waals surface area (Å²) in [5.74, 6) is 0.724. The summed E-state index contributed by atoms with van der Waals surface area (Å²) >= 11 is 1.32. The number of amides is 1. The predicted octanol–water partition coefficient (Wildman–Crippen LogP) is 3.29. The number of nitrogens with zero attached hydrogens (tertiary/aromatic N) is 4. The molecule has 0 saturated heterocycles. The lowest BCUT2D eigenvalue weighted by atomic mass is 10.1. The first-order chi connectivity index (χ1) is 13.1. The molecule has 0 atom stereocenters. The fourth-order valence-electron chi connectivity index (χ4n) is 2.48. The van der Waals surface area contributed by atoms with E-state index in [1.54, 1.807) is 30.5 Å². The molecule has 0 unspecified atom stereocenters. The minimum absolute atomic E-state index is 0.00829. The number of carbonyl (C=O) groups excluding carboxylic acids is 2. The second-order valence-electron chi connectivity index (χ2n) is 5.74. The van der Waals surface area contributed by atoms with Gasteiger partial charge in [0.05, 0.1) is 5.75 Å². The van der Waals surface area contributed by atoms with Crippen molar-refractivity contribution in [2.75, 3.05) is 11.1 Å². The van der Waals surface area contributed by atoms with Crippen LogP contribution in [0.25, 0.3) is 11.5 Å². The average Bonchev–Trinajstić information content (AvgIpc) is 3.10. The largest absolute Gasteiger partial charge is 0.325 e. The molecule has 0 aliphatic carbocycles. The van der Waals surface area contributed by atoms with E-state index in [0.717, 1.165) is 5.69 Å². The molecule has 0 spiro atoms. The van der Waals surface area contributed by atoms with Crippen molar-refractivity contribution in [3.05, 3.63) is 54.2 Å². The Bertz CT molecular complexity index is 938. The molecule has 3 aromatic rings. The summed E-state index contributed by atoms with van der Waals surface area (Å²) in [5.41, 5.74) is 2.01. The van der Waals surface area contributed by atoms with Crippen LogP contribution in [0.2, 0.25) is 0 Å². The molecule has 1 N–H and O–H groups in total. The Morgan fingerprint density at radius 1 is 1.11 bits per heavy atom. The van der Waals surface area contributed by atoms with Gasteiger partial charge in [-0.05, 0) is 50.2 Å². The summed E-state index contributed by atoms with van der Waals surface area (Å²) in [6.07, 6.45) is 1.71. The Labute approximate surface area is 161 Å². The summed E-state index contributed by atoms with van der Waals surface area (Å²) in [5, 5.41) is 11.9. The SMILES string of the molecule is CCn1c(SCC(=O)Nc2ccc(C(C)=O)cc2)nnc1-c1ccccn1. The molecule has 1 amide bonds. The van der Waals surface area contributed by atoms with Crippen molar-refractivity contribution in [3.8, 4) is 11.5 Å². The van der Waals surface area contributed by atoms with E-state index in [2.05, 4.69) is 20.5 Å². The number of hydrogen-bond acceptors (Lipinski definition) is 6. The van der Waals surface area contributed by atoms with Gasteiger partial charge in [-0.25, -0.2) is 0 Å². The van der Waals surface area contributed by atoms with E-state index in [9.17, 15) is 9.59 Å². The Morgan fingerprint density at radius 2 is 1.89 bits per heavy atom. The number of anilines is 1. The van der Waals surface area contributed by atoms with Crippen molar-refractivity contribution < 1.29 is 9.59 Å². The summed E-state index contributed by atoms with van der Waals surface area (Å²) in [4.78, 5) is 27.8. The smallest absolute Gasteiger partial charge is 0.234 e. The van der Waals surface area contributed by atoms with E-state index in [1.807, 2.05) is 29.7 Å². The number of hydrogen-bond donors (Lipinski definition) is 1. The van der Waals surface area contributed by atoms with Crippen LogP contribution in [0.15, 0.2) is 53.8 Å². The minimum Gasteiger partial charge on any atom is -0.325 e. The first kappa shape index (κ1) is 18.8. The van der Waals surface area contributed by atoms with Crippen molar-refractivity contribution in [2.45, 2.75) is 25.5 Å². The maximum absolute atomic E-state index is 12.2. The predicted molar refractivity (Wildman–Crippen MR) is 105 cm³/mol. The molecule has 1 aromatic carbocycles. The fraction of sp³-hybridized carbons (Fsp3) is 0.211. The molecule has 0 aliphatic heterocycles. The lowest BCUT2D eigenvalue weighted by Crippen LogP contribution is -2.14. The van der Waals surface area contributed by atoms with Crippen molar-refractivity contribution in [2.24, 2.45) is 0 Å². The number of rotatable bonds is 7. The Kier molecular flexibility index (Phi) is 5.97. The number of ketones is 1. The van der Waals surface area contributed by atoms with Crippen LogP contribution in [0.4, 0.5) is 5.69 Å². The molecule has 3 rings (SSSR count). The van der Waals surface area contributed by atoms with Gasteiger partial charge in [0.25, 0.3) is 0 Å². The molecule has 0 aliphatic rings. The van der Waals surface area contributed by atoms with Gasteiger partial charge in [-0.2, -0.15) is 0 Å². The first-order valence-corrected chi connectivity index (χ1v) is 9.45. The van der Waals surface area contributed by atoms with Crippen molar-refractivity contribution >= 4 is 29.1 Å². The third kappa shape index (κ3) is 4.59. The van der Waals surface area contributed by atoms with Crippen LogP contribution in [0.5, 0.6) is 0 Å². The molecule has 2 aromatic heterocycles. The quantitative estimate of drug-likeness (QED) is 0.499. The summed E-state index contributed by atoms with van der Waals surface area (Å²) < 4.78 is 1.93.